The van der Waals surface area contributed by atoms with Crippen molar-refractivity contribution in [3.8, 4) is 0 Å². The maximum atomic E-state index is 4.63. The SMILES string of the molecule is CCN(Cc1ccccn1)c1nc(C(C)C)nc(N(C)C)n1. The Hall–Kier alpha value is -2.24. The standard InChI is InChI=1S/C16H24N6/c1-6-22(11-13-9-7-8-10-17-13)16-19-14(12(2)3)18-15(20-16)21(4)5/h7-10,12H,6,11H2,1-5H3. The average Bonchev–Trinajstić information content (AvgIpc) is 2.53. The quantitative estimate of drug-likeness (QED) is 0.817. The van der Waals surface area contributed by atoms with Crippen molar-refractivity contribution in [3.05, 3.63) is 35.9 Å². The molecule has 2 rings (SSSR count). The molecule has 0 aliphatic rings. The van der Waals surface area contributed by atoms with Crippen LogP contribution < -0.4 is 9.80 Å². The predicted molar refractivity (Wildman–Crippen MR) is 89.2 cm³/mol. The molecule has 6 heteroatoms. The van der Waals surface area contributed by atoms with Gasteiger partial charge in [0.05, 0.1) is 12.2 Å². The van der Waals surface area contributed by atoms with Crippen LogP contribution in [0.5, 0.6) is 0 Å². The van der Waals surface area contributed by atoms with E-state index in [4.69, 9.17) is 0 Å². The molecule has 118 valence electrons. The fourth-order valence-electron chi connectivity index (χ4n) is 1.98. The van der Waals surface area contributed by atoms with Gasteiger partial charge in [0.25, 0.3) is 0 Å². The molecular weight excluding hydrogens is 276 g/mol. The number of anilines is 2. The summed E-state index contributed by atoms with van der Waals surface area (Å²) in [5.74, 6) is 2.46. The van der Waals surface area contributed by atoms with Gasteiger partial charge in [-0.3, -0.25) is 4.98 Å². The van der Waals surface area contributed by atoms with E-state index in [1.807, 2.05) is 37.2 Å². The van der Waals surface area contributed by atoms with Gasteiger partial charge in [-0.15, -0.1) is 0 Å². The highest BCUT2D eigenvalue weighted by Gasteiger charge is 2.15. The van der Waals surface area contributed by atoms with Crippen LogP contribution in [0, 0.1) is 0 Å². The van der Waals surface area contributed by atoms with Crippen molar-refractivity contribution in [2.24, 2.45) is 0 Å². The summed E-state index contributed by atoms with van der Waals surface area (Å²) in [6.07, 6.45) is 1.81. The molecule has 0 spiro atoms. The lowest BCUT2D eigenvalue weighted by molar-refractivity contribution is 0.715. The summed E-state index contributed by atoms with van der Waals surface area (Å²) in [6, 6.07) is 5.93. The number of hydrogen-bond acceptors (Lipinski definition) is 6. The molecule has 0 saturated carbocycles. The lowest BCUT2D eigenvalue weighted by Gasteiger charge is -2.23. The Balaban J connectivity index is 2.35. The molecule has 0 aliphatic carbocycles. The van der Waals surface area contributed by atoms with Crippen LogP contribution in [-0.2, 0) is 6.54 Å². The molecule has 0 radical (unpaired) electrons. The number of aromatic nitrogens is 4. The van der Waals surface area contributed by atoms with Crippen molar-refractivity contribution >= 4 is 11.9 Å². The Bertz CT molecular complexity index is 571. The van der Waals surface area contributed by atoms with Gasteiger partial charge in [0, 0.05) is 32.8 Å². The van der Waals surface area contributed by atoms with Gasteiger partial charge in [-0.05, 0) is 19.1 Å². The zero-order valence-corrected chi connectivity index (χ0v) is 14.0. The Morgan fingerprint density at radius 1 is 1.05 bits per heavy atom. The van der Waals surface area contributed by atoms with Gasteiger partial charge in [0.15, 0.2) is 0 Å². The maximum absolute atomic E-state index is 4.63. The van der Waals surface area contributed by atoms with E-state index in [9.17, 15) is 0 Å². The minimum atomic E-state index is 0.258. The third-order valence-electron chi connectivity index (χ3n) is 3.29. The largest absolute Gasteiger partial charge is 0.347 e. The van der Waals surface area contributed by atoms with Crippen molar-refractivity contribution in [3.63, 3.8) is 0 Å². The van der Waals surface area contributed by atoms with E-state index < -0.39 is 0 Å². The summed E-state index contributed by atoms with van der Waals surface area (Å²) in [4.78, 5) is 22.1. The third kappa shape index (κ3) is 3.90. The van der Waals surface area contributed by atoms with Crippen LogP contribution in [0.25, 0.3) is 0 Å². The molecule has 2 aromatic rings. The molecule has 22 heavy (non-hydrogen) atoms. The summed E-state index contributed by atoms with van der Waals surface area (Å²) in [5.41, 5.74) is 1.00. The third-order valence-corrected chi connectivity index (χ3v) is 3.29. The molecule has 2 heterocycles. The normalized spacial score (nSPS) is 10.8. The van der Waals surface area contributed by atoms with Crippen molar-refractivity contribution < 1.29 is 0 Å². The van der Waals surface area contributed by atoms with Crippen molar-refractivity contribution in [2.75, 3.05) is 30.4 Å². The second kappa shape index (κ2) is 7.15. The van der Waals surface area contributed by atoms with Crippen LogP contribution in [0.15, 0.2) is 24.4 Å². The highest BCUT2D eigenvalue weighted by Crippen LogP contribution is 2.18. The molecule has 0 aliphatic heterocycles. The number of hydrogen-bond donors (Lipinski definition) is 0. The van der Waals surface area contributed by atoms with Gasteiger partial charge in [-0.2, -0.15) is 15.0 Å². The first kappa shape index (κ1) is 16.1. The van der Waals surface area contributed by atoms with Crippen LogP contribution in [0.4, 0.5) is 11.9 Å². The van der Waals surface area contributed by atoms with E-state index in [1.165, 1.54) is 0 Å². The number of rotatable bonds is 6. The first-order valence-corrected chi connectivity index (χ1v) is 7.59. The van der Waals surface area contributed by atoms with Crippen LogP contribution in [0.2, 0.25) is 0 Å². The monoisotopic (exact) mass is 300 g/mol. The minimum Gasteiger partial charge on any atom is -0.347 e. The Labute approximate surface area is 132 Å². The molecule has 0 saturated heterocycles. The second-order valence-electron chi connectivity index (χ2n) is 5.68. The second-order valence-corrected chi connectivity index (χ2v) is 5.68. The molecule has 2 aromatic heterocycles. The van der Waals surface area contributed by atoms with E-state index >= 15 is 0 Å². The molecule has 0 atom stereocenters. The van der Waals surface area contributed by atoms with Crippen LogP contribution in [0.3, 0.4) is 0 Å². The van der Waals surface area contributed by atoms with E-state index in [2.05, 4.69) is 45.6 Å². The lowest BCUT2D eigenvalue weighted by Crippen LogP contribution is -2.27. The van der Waals surface area contributed by atoms with E-state index in [0.29, 0.717) is 18.4 Å². The number of nitrogens with zero attached hydrogens (tertiary/aromatic N) is 6. The minimum absolute atomic E-state index is 0.258. The fourth-order valence-corrected chi connectivity index (χ4v) is 1.98. The average molecular weight is 300 g/mol. The van der Waals surface area contributed by atoms with E-state index in [1.54, 1.807) is 6.20 Å². The molecule has 0 fully saturated rings. The van der Waals surface area contributed by atoms with Gasteiger partial charge in [0.1, 0.15) is 5.82 Å². The van der Waals surface area contributed by atoms with Gasteiger partial charge in [-0.25, -0.2) is 0 Å². The van der Waals surface area contributed by atoms with E-state index in [-0.39, 0.29) is 5.92 Å². The molecular formula is C16H24N6. The van der Waals surface area contributed by atoms with Gasteiger partial charge < -0.3 is 9.80 Å². The first-order chi connectivity index (χ1) is 10.5. The number of pyridine rings is 1. The van der Waals surface area contributed by atoms with Gasteiger partial charge in [0.2, 0.25) is 11.9 Å². The van der Waals surface area contributed by atoms with Crippen molar-refractivity contribution in [1.82, 2.24) is 19.9 Å². The van der Waals surface area contributed by atoms with Gasteiger partial charge in [-0.1, -0.05) is 19.9 Å². The zero-order valence-electron chi connectivity index (χ0n) is 14.0. The Morgan fingerprint density at radius 2 is 1.77 bits per heavy atom. The molecule has 0 bridgehead atoms. The summed E-state index contributed by atoms with van der Waals surface area (Å²) >= 11 is 0. The van der Waals surface area contributed by atoms with Gasteiger partial charge >= 0.3 is 0 Å². The topological polar surface area (TPSA) is 58.0 Å². The summed E-state index contributed by atoms with van der Waals surface area (Å²) in [5, 5.41) is 0. The van der Waals surface area contributed by atoms with Crippen LogP contribution >= 0.6 is 0 Å². The smallest absolute Gasteiger partial charge is 0.230 e. The molecule has 0 N–H and O–H groups in total. The highest BCUT2D eigenvalue weighted by molar-refractivity contribution is 5.39. The molecule has 0 unspecified atom stereocenters. The van der Waals surface area contributed by atoms with Crippen LogP contribution in [0.1, 0.15) is 38.2 Å². The Kier molecular flexibility index (Phi) is 5.25. The van der Waals surface area contributed by atoms with Crippen molar-refractivity contribution in [1.29, 1.82) is 0 Å². The molecule has 0 aromatic carbocycles. The predicted octanol–water partition coefficient (Wildman–Crippen LogP) is 2.48. The highest BCUT2D eigenvalue weighted by atomic mass is 15.3. The molecule has 6 nitrogen and oxygen atoms in total. The zero-order chi connectivity index (χ0) is 16.1. The summed E-state index contributed by atoms with van der Waals surface area (Å²) < 4.78 is 0. The maximum Gasteiger partial charge on any atom is 0.230 e. The fraction of sp³-hybridized carbons (Fsp3) is 0.500. The van der Waals surface area contributed by atoms with Crippen molar-refractivity contribution in [2.45, 2.75) is 33.2 Å². The molecule has 0 amide bonds. The lowest BCUT2D eigenvalue weighted by atomic mass is 10.2. The Morgan fingerprint density at radius 3 is 2.32 bits per heavy atom. The summed E-state index contributed by atoms with van der Waals surface area (Å²) in [6.45, 7) is 7.77. The van der Waals surface area contributed by atoms with Crippen LogP contribution in [-0.4, -0.2) is 40.6 Å². The van der Waals surface area contributed by atoms with E-state index in [0.717, 1.165) is 18.1 Å². The summed E-state index contributed by atoms with van der Waals surface area (Å²) in [7, 11) is 3.89. The first-order valence-electron chi connectivity index (χ1n) is 7.59.